The number of rotatable bonds is 10. The highest BCUT2D eigenvalue weighted by Crippen LogP contribution is 2.27. The summed E-state index contributed by atoms with van der Waals surface area (Å²) in [5, 5.41) is 25.7. The number of ether oxygens (including phenoxy) is 1. The highest BCUT2D eigenvalue weighted by Gasteiger charge is 2.33. The number of non-ortho nitro benzene ring substituents is 1. The Kier molecular flexibility index (Phi) is 8.61. The largest absolute Gasteiger partial charge is 0.480 e. The zero-order valence-corrected chi connectivity index (χ0v) is 17.9. The van der Waals surface area contributed by atoms with Gasteiger partial charge in [-0.05, 0) is 30.7 Å². The number of hydrogen-bond acceptors (Lipinski definition) is 7. The van der Waals surface area contributed by atoms with Crippen LogP contribution in [0, 0.1) is 10.1 Å². The average molecular weight is 457 g/mol. The summed E-state index contributed by atoms with van der Waals surface area (Å²) in [6, 6.07) is 9.38. The first-order valence-corrected chi connectivity index (χ1v) is 9.93. The van der Waals surface area contributed by atoms with E-state index in [0.717, 1.165) is 0 Å². The van der Waals surface area contributed by atoms with Crippen LogP contribution < -0.4 is 10.6 Å². The lowest BCUT2D eigenvalue weighted by Crippen LogP contribution is -2.45. The number of carbonyl (C=O) groups excluding carboxylic acids is 3. The van der Waals surface area contributed by atoms with E-state index in [1.807, 2.05) is 0 Å². The number of nitro benzene ring substituents is 1. The molecule has 0 heterocycles. The second-order valence-corrected chi connectivity index (χ2v) is 7.02. The van der Waals surface area contributed by atoms with Crippen molar-refractivity contribution >= 4 is 35.1 Å². The Bertz CT molecular complexity index is 1050. The zero-order chi connectivity index (χ0) is 24.5. The number of nitro groups is 1. The molecule has 3 N–H and O–H groups in total. The van der Waals surface area contributed by atoms with E-state index in [4.69, 9.17) is 4.74 Å². The molecule has 2 atom stereocenters. The Morgan fingerprint density at radius 1 is 1.12 bits per heavy atom. The van der Waals surface area contributed by atoms with Gasteiger partial charge in [0, 0.05) is 36.2 Å². The molecule has 0 aliphatic rings. The summed E-state index contributed by atoms with van der Waals surface area (Å²) in [4.78, 5) is 58.6. The normalized spacial score (nSPS) is 12.2. The lowest BCUT2D eigenvalue weighted by Gasteiger charge is -2.25. The van der Waals surface area contributed by atoms with Gasteiger partial charge in [0.1, 0.15) is 6.04 Å². The number of carbonyl (C=O) groups is 4. The number of nitrogens with one attached hydrogen (secondary N) is 2. The number of esters is 1. The van der Waals surface area contributed by atoms with Gasteiger partial charge in [0.15, 0.2) is 0 Å². The number of carboxylic acids is 1. The summed E-state index contributed by atoms with van der Waals surface area (Å²) >= 11 is 0. The van der Waals surface area contributed by atoms with Gasteiger partial charge in [-0.1, -0.05) is 18.2 Å². The second-order valence-electron chi connectivity index (χ2n) is 7.02. The quantitative estimate of drug-likeness (QED) is 0.278. The fraction of sp³-hybridized carbons (Fsp3) is 0.273. The molecule has 0 aromatic heterocycles. The number of benzene rings is 2. The first-order chi connectivity index (χ1) is 15.6. The molecular formula is C22H23N3O8. The Labute approximate surface area is 188 Å². The van der Waals surface area contributed by atoms with Gasteiger partial charge in [0.05, 0.1) is 18.0 Å². The number of hydrogen-bond donors (Lipinski definition) is 3. The van der Waals surface area contributed by atoms with Crippen molar-refractivity contribution in [1.29, 1.82) is 0 Å². The molecule has 0 fully saturated rings. The van der Waals surface area contributed by atoms with Crippen LogP contribution in [-0.2, 0) is 19.1 Å². The minimum atomic E-state index is -1.55. The minimum Gasteiger partial charge on any atom is -0.480 e. The van der Waals surface area contributed by atoms with Crippen molar-refractivity contribution in [3.8, 4) is 0 Å². The van der Waals surface area contributed by atoms with Crippen molar-refractivity contribution in [3.63, 3.8) is 0 Å². The van der Waals surface area contributed by atoms with Crippen LogP contribution in [0.3, 0.4) is 0 Å². The predicted octanol–water partition coefficient (Wildman–Crippen LogP) is 2.47. The SMILES string of the molecule is CCOC(=O)C[C@@H](c1ccc([N+](=O)[O-])cc1)[C@H](NC(=O)c1cccc(NC(C)=O)c1)C(=O)O. The van der Waals surface area contributed by atoms with Crippen LogP contribution in [0.1, 0.15) is 42.1 Å². The molecule has 2 rings (SSSR count). The van der Waals surface area contributed by atoms with Crippen LogP contribution in [0.2, 0.25) is 0 Å². The summed E-state index contributed by atoms with van der Waals surface area (Å²) in [6.45, 7) is 2.97. The van der Waals surface area contributed by atoms with Crippen LogP contribution in [0.25, 0.3) is 0 Å². The average Bonchev–Trinajstić information content (AvgIpc) is 2.75. The standard InChI is InChI=1S/C22H23N3O8/c1-3-33-19(27)12-18(14-7-9-17(10-8-14)25(31)32)20(22(29)30)24-21(28)15-5-4-6-16(11-15)23-13(2)26/h4-11,18,20H,3,12H2,1-2H3,(H,23,26)(H,24,28)(H,29,30)/t18-,20-/m0/s1. The van der Waals surface area contributed by atoms with Gasteiger partial charge in [-0.25, -0.2) is 4.79 Å². The molecular weight excluding hydrogens is 434 g/mol. The van der Waals surface area contributed by atoms with Gasteiger partial charge >= 0.3 is 11.9 Å². The fourth-order valence-electron chi connectivity index (χ4n) is 3.17. The topological polar surface area (TPSA) is 165 Å². The van der Waals surface area contributed by atoms with E-state index in [9.17, 15) is 34.4 Å². The summed E-state index contributed by atoms with van der Waals surface area (Å²) in [5.41, 5.74) is 0.527. The Morgan fingerprint density at radius 3 is 2.33 bits per heavy atom. The molecule has 174 valence electrons. The van der Waals surface area contributed by atoms with Gasteiger partial charge in [0.25, 0.3) is 11.6 Å². The van der Waals surface area contributed by atoms with E-state index in [-0.39, 0.29) is 30.2 Å². The van der Waals surface area contributed by atoms with Gasteiger partial charge in [0.2, 0.25) is 5.91 Å². The smallest absolute Gasteiger partial charge is 0.326 e. The van der Waals surface area contributed by atoms with Crippen molar-refractivity contribution in [2.75, 3.05) is 11.9 Å². The zero-order valence-electron chi connectivity index (χ0n) is 17.9. The van der Waals surface area contributed by atoms with E-state index in [1.165, 1.54) is 49.4 Å². The molecule has 0 radical (unpaired) electrons. The molecule has 2 amide bonds. The molecule has 11 nitrogen and oxygen atoms in total. The number of aliphatic carboxylic acids is 1. The predicted molar refractivity (Wildman–Crippen MR) is 117 cm³/mol. The molecule has 0 aliphatic heterocycles. The number of nitrogens with zero attached hydrogens (tertiary/aromatic N) is 1. The van der Waals surface area contributed by atoms with Gasteiger partial charge in [-0.2, -0.15) is 0 Å². The first kappa shape index (κ1) is 25.0. The Hall–Kier alpha value is -4.28. The van der Waals surface area contributed by atoms with E-state index in [0.29, 0.717) is 11.3 Å². The Balaban J connectivity index is 2.37. The fourth-order valence-corrected chi connectivity index (χ4v) is 3.17. The Morgan fingerprint density at radius 2 is 1.79 bits per heavy atom. The molecule has 0 aliphatic carbocycles. The van der Waals surface area contributed by atoms with Crippen molar-refractivity contribution in [2.45, 2.75) is 32.2 Å². The molecule has 33 heavy (non-hydrogen) atoms. The van der Waals surface area contributed by atoms with E-state index in [2.05, 4.69) is 10.6 Å². The maximum absolute atomic E-state index is 12.8. The summed E-state index contributed by atoms with van der Waals surface area (Å²) < 4.78 is 4.94. The van der Waals surface area contributed by atoms with Gasteiger partial charge < -0.3 is 20.5 Å². The maximum Gasteiger partial charge on any atom is 0.326 e. The van der Waals surface area contributed by atoms with Crippen molar-refractivity contribution < 1.29 is 33.9 Å². The van der Waals surface area contributed by atoms with Crippen LogP contribution in [0.15, 0.2) is 48.5 Å². The monoisotopic (exact) mass is 457 g/mol. The van der Waals surface area contributed by atoms with E-state index < -0.39 is 34.7 Å². The van der Waals surface area contributed by atoms with E-state index >= 15 is 0 Å². The molecule has 0 spiro atoms. The molecule has 0 bridgehead atoms. The van der Waals surface area contributed by atoms with Crippen molar-refractivity contribution in [2.24, 2.45) is 0 Å². The highest BCUT2D eigenvalue weighted by atomic mass is 16.6. The number of amides is 2. The lowest BCUT2D eigenvalue weighted by molar-refractivity contribution is -0.384. The first-order valence-electron chi connectivity index (χ1n) is 9.93. The maximum atomic E-state index is 12.8. The van der Waals surface area contributed by atoms with Crippen LogP contribution in [0.4, 0.5) is 11.4 Å². The summed E-state index contributed by atoms with van der Waals surface area (Å²) in [6.07, 6.45) is -0.380. The van der Waals surface area contributed by atoms with Crippen molar-refractivity contribution in [1.82, 2.24) is 5.32 Å². The van der Waals surface area contributed by atoms with Crippen LogP contribution in [0.5, 0.6) is 0 Å². The molecule has 2 aromatic carbocycles. The van der Waals surface area contributed by atoms with Gasteiger partial charge in [-0.3, -0.25) is 24.5 Å². The summed E-state index contributed by atoms with van der Waals surface area (Å²) in [5.74, 6) is -4.25. The van der Waals surface area contributed by atoms with Crippen molar-refractivity contribution in [3.05, 3.63) is 69.8 Å². The lowest BCUT2D eigenvalue weighted by atomic mass is 9.88. The molecule has 0 unspecified atom stereocenters. The third-order valence-electron chi connectivity index (χ3n) is 4.62. The number of carboxylic acid groups (broad SMARTS) is 1. The van der Waals surface area contributed by atoms with Gasteiger partial charge in [-0.15, -0.1) is 0 Å². The minimum absolute atomic E-state index is 0.0753. The van der Waals surface area contributed by atoms with Crippen LogP contribution >= 0.6 is 0 Å². The summed E-state index contributed by atoms with van der Waals surface area (Å²) in [7, 11) is 0. The molecule has 11 heteroatoms. The highest BCUT2D eigenvalue weighted by molar-refractivity contribution is 5.98. The third-order valence-corrected chi connectivity index (χ3v) is 4.62. The third kappa shape index (κ3) is 7.13. The molecule has 0 saturated carbocycles. The molecule has 0 saturated heterocycles. The second kappa shape index (κ2) is 11.4. The van der Waals surface area contributed by atoms with Crippen LogP contribution in [-0.4, -0.2) is 46.4 Å². The molecule has 2 aromatic rings. The number of anilines is 1. The van der Waals surface area contributed by atoms with E-state index in [1.54, 1.807) is 13.0 Å².